The highest BCUT2D eigenvalue weighted by molar-refractivity contribution is 5.22. The minimum Gasteiger partial charge on any atom is -0.375 e. The number of aryl methyl sites for hydroxylation is 1. The third-order valence-corrected chi connectivity index (χ3v) is 6.84. The SMILES string of the molecule is Cc1cccc(CNCCC(c2ccncc2)C2CCCOC23CCCC3)c1. The van der Waals surface area contributed by atoms with Crippen molar-refractivity contribution in [1.29, 1.82) is 0 Å². The molecule has 1 aromatic carbocycles. The summed E-state index contributed by atoms with van der Waals surface area (Å²) >= 11 is 0. The second-order valence-corrected chi connectivity index (χ2v) is 8.71. The molecule has 2 aliphatic rings. The molecule has 3 nitrogen and oxygen atoms in total. The molecule has 1 spiro atoms. The number of rotatable bonds is 7. The zero-order valence-corrected chi connectivity index (χ0v) is 17.2. The van der Waals surface area contributed by atoms with Crippen LogP contribution in [0.25, 0.3) is 0 Å². The largest absolute Gasteiger partial charge is 0.375 e. The van der Waals surface area contributed by atoms with E-state index < -0.39 is 0 Å². The van der Waals surface area contributed by atoms with Crippen LogP contribution in [0.4, 0.5) is 0 Å². The zero-order valence-electron chi connectivity index (χ0n) is 17.2. The summed E-state index contributed by atoms with van der Waals surface area (Å²) in [6.07, 6.45) is 12.7. The standard InChI is InChI=1S/C25H34N2O/c1-20-6-4-7-21(18-20)19-27-16-11-23(22-9-14-26-15-10-22)24-8-5-17-28-25(24)12-2-3-13-25/h4,6-7,9-10,14-15,18,23-24,27H,2-3,5,8,11-13,16-17,19H2,1H3. The van der Waals surface area contributed by atoms with E-state index in [2.05, 4.69) is 53.6 Å². The summed E-state index contributed by atoms with van der Waals surface area (Å²) in [6, 6.07) is 13.2. The van der Waals surface area contributed by atoms with Crippen molar-refractivity contribution in [1.82, 2.24) is 10.3 Å². The molecule has 0 bridgehead atoms. The molecule has 150 valence electrons. The molecule has 1 saturated heterocycles. The first kappa shape index (κ1) is 19.6. The van der Waals surface area contributed by atoms with Gasteiger partial charge < -0.3 is 10.1 Å². The summed E-state index contributed by atoms with van der Waals surface area (Å²) in [7, 11) is 0. The molecule has 2 fully saturated rings. The van der Waals surface area contributed by atoms with Gasteiger partial charge in [-0.15, -0.1) is 0 Å². The highest BCUT2D eigenvalue weighted by Crippen LogP contribution is 2.50. The number of hydrogen-bond acceptors (Lipinski definition) is 3. The molecule has 2 heterocycles. The molecule has 0 radical (unpaired) electrons. The maximum atomic E-state index is 6.49. The van der Waals surface area contributed by atoms with Crippen LogP contribution in [0.2, 0.25) is 0 Å². The fraction of sp³-hybridized carbons (Fsp3) is 0.560. The number of nitrogens with one attached hydrogen (secondary N) is 1. The van der Waals surface area contributed by atoms with Crippen molar-refractivity contribution in [3.05, 3.63) is 65.5 Å². The van der Waals surface area contributed by atoms with Crippen molar-refractivity contribution < 1.29 is 4.74 Å². The summed E-state index contributed by atoms with van der Waals surface area (Å²) in [5, 5.41) is 3.69. The Kier molecular flexibility index (Phi) is 6.43. The van der Waals surface area contributed by atoms with Crippen LogP contribution < -0.4 is 5.32 Å². The smallest absolute Gasteiger partial charge is 0.0716 e. The number of aromatic nitrogens is 1. The van der Waals surface area contributed by atoms with Crippen LogP contribution in [0.5, 0.6) is 0 Å². The predicted molar refractivity (Wildman–Crippen MR) is 114 cm³/mol. The maximum Gasteiger partial charge on any atom is 0.0716 e. The Bertz CT molecular complexity index is 739. The van der Waals surface area contributed by atoms with Gasteiger partial charge in [0.1, 0.15) is 0 Å². The number of pyridine rings is 1. The average molecular weight is 379 g/mol. The molecule has 1 N–H and O–H groups in total. The maximum absolute atomic E-state index is 6.49. The van der Waals surface area contributed by atoms with Gasteiger partial charge in [0.2, 0.25) is 0 Å². The lowest BCUT2D eigenvalue weighted by molar-refractivity contribution is -0.122. The Morgan fingerprint density at radius 3 is 2.75 bits per heavy atom. The second kappa shape index (κ2) is 9.19. The van der Waals surface area contributed by atoms with Gasteiger partial charge in [0.05, 0.1) is 5.60 Å². The Morgan fingerprint density at radius 1 is 1.14 bits per heavy atom. The lowest BCUT2D eigenvalue weighted by Gasteiger charge is -2.45. The molecule has 2 aromatic rings. The summed E-state index contributed by atoms with van der Waals surface area (Å²) in [4.78, 5) is 4.26. The van der Waals surface area contributed by atoms with Crippen LogP contribution in [0.3, 0.4) is 0 Å². The van der Waals surface area contributed by atoms with E-state index in [1.807, 2.05) is 12.4 Å². The van der Waals surface area contributed by atoms with Crippen LogP contribution in [-0.4, -0.2) is 23.7 Å². The first-order valence-electron chi connectivity index (χ1n) is 11.1. The Labute approximate surface area is 169 Å². The Hall–Kier alpha value is -1.71. The molecule has 3 heteroatoms. The van der Waals surface area contributed by atoms with Gasteiger partial charge in [0.15, 0.2) is 0 Å². The molecule has 1 aliphatic carbocycles. The van der Waals surface area contributed by atoms with Gasteiger partial charge in [-0.3, -0.25) is 4.98 Å². The molecule has 0 amide bonds. The molecule has 4 rings (SSSR count). The minimum atomic E-state index is 0.128. The van der Waals surface area contributed by atoms with Gasteiger partial charge in [-0.25, -0.2) is 0 Å². The highest BCUT2D eigenvalue weighted by atomic mass is 16.5. The van der Waals surface area contributed by atoms with Gasteiger partial charge in [0.25, 0.3) is 0 Å². The number of hydrogen-bond donors (Lipinski definition) is 1. The van der Waals surface area contributed by atoms with Crippen molar-refractivity contribution in [2.45, 2.75) is 69.9 Å². The van der Waals surface area contributed by atoms with Crippen molar-refractivity contribution in [3.63, 3.8) is 0 Å². The van der Waals surface area contributed by atoms with Crippen molar-refractivity contribution in [2.75, 3.05) is 13.2 Å². The first-order chi connectivity index (χ1) is 13.8. The predicted octanol–water partition coefficient (Wildman–Crippen LogP) is 5.39. The van der Waals surface area contributed by atoms with Gasteiger partial charge in [-0.2, -0.15) is 0 Å². The Balaban J connectivity index is 1.45. The molecule has 2 unspecified atom stereocenters. The fourth-order valence-corrected chi connectivity index (χ4v) is 5.53. The lowest BCUT2D eigenvalue weighted by atomic mass is 9.69. The summed E-state index contributed by atoms with van der Waals surface area (Å²) < 4.78 is 6.49. The van der Waals surface area contributed by atoms with E-state index in [0.717, 1.165) is 26.1 Å². The van der Waals surface area contributed by atoms with Gasteiger partial charge in [-0.05, 0) is 80.7 Å². The van der Waals surface area contributed by atoms with Crippen molar-refractivity contribution in [3.8, 4) is 0 Å². The molecule has 2 atom stereocenters. The summed E-state index contributed by atoms with van der Waals surface area (Å²) in [5.74, 6) is 1.18. The van der Waals surface area contributed by atoms with Crippen molar-refractivity contribution >= 4 is 0 Å². The van der Waals surface area contributed by atoms with Crippen LogP contribution in [0, 0.1) is 12.8 Å². The molecular weight excluding hydrogens is 344 g/mol. The minimum absolute atomic E-state index is 0.128. The number of benzene rings is 1. The van der Waals surface area contributed by atoms with E-state index in [4.69, 9.17) is 4.74 Å². The van der Waals surface area contributed by atoms with Crippen LogP contribution in [0.1, 0.15) is 67.6 Å². The van der Waals surface area contributed by atoms with E-state index in [9.17, 15) is 0 Å². The lowest BCUT2D eigenvalue weighted by Crippen LogP contribution is -2.45. The van der Waals surface area contributed by atoms with Crippen LogP contribution in [-0.2, 0) is 11.3 Å². The third-order valence-electron chi connectivity index (χ3n) is 6.84. The Morgan fingerprint density at radius 2 is 1.96 bits per heavy atom. The quantitative estimate of drug-likeness (QED) is 0.656. The van der Waals surface area contributed by atoms with E-state index >= 15 is 0 Å². The van der Waals surface area contributed by atoms with Gasteiger partial charge in [0, 0.05) is 25.5 Å². The summed E-state index contributed by atoms with van der Waals surface area (Å²) in [5.41, 5.74) is 4.27. The first-order valence-corrected chi connectivity index (χ1v) is 11.1. The molecular formula is C25H34N2O. The normalized spacial score (nSPS) is 22.4. The summed E-state index contributed by atoms with van der Waals surface area (Å²) in [6.45, 7) is 5.09. The van der Waals surface area contributed by atoms with E-state index in [0.29, 0.717) is 11.8 Å². The fourth-order valence-electron chi connectivity index (χ4n) is 5.53. The van der Waals surface area contributed by atoms with E-state index in [1.165, 1.54) is 55.2 Å². The zero-order chi connectivity index (χ0) is 19.2. The second-order valence-electron chi connectivity index (χ2n) is 8.71. The molecule has 1 aromatic heterocycles. The van der Waals surface area contributed by atoms with Crippen LogP contribution in [0.15, 0.2) is 48.8 Å². The molecule has 1 saturated carbocycles. The average Bonchev–Trinajstić information content (AvgIpc) is 3.18. The molecule has 1 aliphatic heterocycles. The van der Waals surface area contributed by atoms with E-state index in [-0.39, 0.29) is 5.60 Å². The van der Waals surface area contributed by atoms with Gasteiger partial charge in [-0.1, -0.05) is 42.7 Å². The third kappa shape index (κ3) is 4.47. The number of nitrogens with zero attached hydrogens (tertiary/aromatic N) is 1. The van der Waals surface area contributed by atoms with E-state index in [1.54, 1.807) is 0 Å². The highest BCUT2D eigenvalue weighted by Gasteiger charge is 2.47. The van der Waals surface area contributed by atoms with Gasteiger partial charge >= 0.3 is 0 Å². The van der Waals surface area contributed by atoms with Crippen LogP contribution >= 0.6 is 0 Å². The monoisotopic (exact) mass is 378 g/mol. The topological polar surface area (TPSA) is 34.2 Å². The van der Waals surface area contributed by atoms with Crippen molar-refractivity contribution in [2.24, 2.45) is 5.92 Å². The molecule has 28 heavy (non-hydrogen) atoms. The number of ether oxygens (including phenoxy) is 1.